The molecule has 0 aromatic rings. The van der Waals surface area contributed by atoms with Crippen LogP contribution in [0.3, 0.4) is 0 Å². The second kappa shape index (κ2) is 23.5. The van der Waals surface area contributed by atoms with Crippen LogP contribution in [0.4, 0.5) is 0 Å². The Kier molecular flexibility index (Phi) is 23.4. The molecular formula is C27H56O3. The van der Waals surface area contributed by atoms with Gasteiger partial charge in [0.05, 0.1) is 13.2 Å². The Bertz CT molecular complexity index is 293. The van der Waals surface area contributed by atoms with Crippen molar-refractivity contribution in [3.05, 3.63) is 0 Å². The van der Waals surface area contributed by atoms with Crippen LogP contribution in [0.1, 0.15) is 143 Å². The summed E-state index contributed by atoms with van der Waals surface area (Å²) < 4.78 is 11.5. The van der Waals surface area contributed by atoms with E-state index in [2.05, 4.69) is 13.8 Å². The molecule has 0 aliphatic heterocycles. The summed E-state index contributed by atoms with van der Waals surface area (Å²) in [4.78, 5) is 0. The molecule has 0 aromatic heterocycles. The van der Waals surface area contributed by atoms with Gasteiger partial charge >= 0.3 is 0 Å². The van der Waals surface area contributed by atoms with Gasteiger partial charge in [0.25, 0.3) is 0 Å². The fourth-order valence-electron chi connectivity index (χ4n) is 3.80. The standard InChI is InChI=1S/C27H56O3/c1-4-7-9-11-13-15-17-19-21-23-29-25-27(28,6-3)26-30-24-22-20-18-16-14-12-10-8-5-2/h28H,4-26H2,1-3H3. The van der Waals surface area contributed by atoms with Gasteiger partial charge in [-0.1, -0.05) is 124 Å². The van der Waals surface area contributed by atoms with E-state index in [4.69, 9.17) is 9.47 Å². The Balaban J connectivity index is 3.45. The summed E-state index contributed by atoms with van der Waals surface area (Å²) >= 11 is 0. The molecule has 0 saturated carbocycles. The second-order valence-electron chi connectivity index (χ2n) is 9.34. The number of hydrogen-bond acceptors (Lipinski definition) is 3. The first-order chi connectivity index (χ1) is 14.7. The second-order valence-corrected chi connectivity index (χ2v) is 9.34. The van der Waals surface area contributed by atoms with E-state index in [1.807, 2.05) is 6.92 Å². The van der Waals surface area contributed by atoms with Gasteiger partial charge in [0.15, 0.2) is 0 Å². The van der Waals surface area contributed by atoms with Crippen molar-refractivity contribution < 1.29 is 14.6 Å². The molecule has 0 fully saturated rings. The smallest absolute Gasteiger partial charge is 0.111 e. The molecule has 0 bridgehead atoms. The average molecular weight is 429 g/mol. The highest BCUT2D eigenvalue weighted by molar-refractivity contribution is 4.75. The Labute approximate surface area is 189 Å². The third-order valence-corrected chi connectivity index (χ3v) is 6.18. The zero-order valence-electron chi connectivity index (χ0n) is 21.0. The van der Waals surface area contributed by atoms with Crippen molar-refractivity contribution in [2.75, 3.05) is 26.4 Å². The van der Waals surface area contributed by atoms with Crippen molar-refractivity contribution in [1.29, 1.82) is 0 Å². The van der Waals surface area contributed by atoms with Crippen LogP contribution < -0.4 is 0 Å². The number of rotatable bonds is 25. The summed E-state index contributed by atoms with van der Waals surface area (Å²) in [6, 6.07) is 0. The van der Waals surface area contributed by atoms with Crippen LogP contribution >= 0.6 is 0 Å². The van der Waals surface area contributed by atoms with Gasteiger partial charge in [0.1, 0.15) is 5.60 Å². The van der Waals surface area contributed by atoms with E-state index in [0.29, 0.717) is 19.6 Å². The molecule has 3 nitrogen and oxygen atoms in total. The Morgan fingerprint density at radius 3 is 1.07 bits per heavy atom. The molecule has 1 N–H and O–H groups in total. The summed E-state index contributed by atoms with van der Waals surface area (Å²) in [5.74, 6) is 0. The van der Waals surface area contributed by atoms with E-state index in [1.54, 1.807) is 0 Å². The summed E-state index contributed by atoms with van der Waals surface area (Å²) in [6.45, 7) is 8.88. The number of unbranched alkanes of at least 4 members (excludes halogenated alkanes) is 16. The SMILES string of the molecule is CCCCCCCCCCCOCC(O)(CC)COCCCCCCCCCCC. The molecule has 182 valence electrons. The van der Waals surface area contributed by atoms with Gasteiger partial charge in [-0.05, 0) is 19.3 Å². The zero-order chi connectivity index (χ0) is 22.2. The molecule has 0 radical (unpaired) electrons. The lowest BCUT2D eigenvalue weighted by atomic mass is 10.0. The Hall–Kier alpha value is -0.120. The van der Waals surface area contributed by atoms with Crippen LogP contribution in [-0.2, 0) is 9.47 Å². The molecule has 0 saturated heterocycles. The minimum Gasteiger partial charge on any atom is -0.385 e. The van der Waals surface area contributed by atoms with Gasteiger partial charge in [-0.25, -0.2) is 0 Å². The van der Waals surface area contributed by atoms with E-state index in [9.17, 15) is 5.11 Å². The van der Waals surface area contributed by atoms with E-state index in [1.165, 1.54) is 103 Å². The van der Waals surface area contributed by atoms with Crippen molar-refractivity contribution in [2.24, 2.45) is 0 Å². The Morgan fingerprint density at radius 1 is 0.467 bits per heavy atom. The maximum atomic E-state index is 10.7. The first-order valence-corrected chi connectivity index (χ1v) is 13.6. The predicted octanol–water partition coefficient (Wildman–Crippen LogP) is 8.22. The third-order valence-electron chi connectivity index (χ3n) is 6.18. The van der Waals surface area contributed by atoms with Crippen molar-refractivity contribution in [2.45, 2.75) is 148 Å². The number of ether oxygens (including phenoxy) is 2. The van der Waals surface area contributed by atoms with E-state index >= 15 is 0 Å². The molecule has 0 amide bonds. The first kappa shape index (κ1) is 29.9. The maximum Gasteiger partial charge on any atom is 0.111 e. The lowest BCUT2D eigenvalue weighted by molar-refractivity contribution is -0.0981. The summed E-state index contributed by atoms with van der Waals surface area (Å²) in [5, 5.41) is 10.7. The molecule has 3 heteroatoms. The van der Waals surface area contributed by atoms with Gasteiger partial charge in [0, 0.05) is 13.2 Å². The number of hydrogen-bond donors (Lipinski definition) is 1. The van der Waals surface area contributed by atoms with Gasteiger partial charge in [-0.2, -0.15) is 0 Å². The van der Waals surface area contributed by atoms with E-state index in [0.717, 1.165) is 26.1 Å². The minimum atomic E-state index is -0.821. The fraction of sp³-hybridized carbons (Fsp3) is 1.00. The lowest BCUT2D eigenvalue weighted by Crippen LogP contribution is -2.39. The van der Waals surface area contributed by atoms with E-state index < -0.39 is 5.60 Å². The lowest BCUT2D eigenvalue weighted by Gasteiger charge is -2.26. The van der Waals surface area contributed by atoms with Crippen LogP contribution in [-0.4, -0.2) is 37.1 Å². The first-order valence-electron chi connectivity index (χ1n) is 13.6. The zero-order valence-corrected chi connectivity index (χ0v) is 21.0. The molecule has 0 spiro atoms. The molecule has 0 aliphatic rings. The van der Waals surface area contributed by atoms with E-state index in [-0.39, 0.29) is 0 Å². The van der Waals surface area contributed by atoms with Gasteiger partial charge in [-0.15, -0.1) is 0 Å². The molecule has 0 atom stereocenters. The quantitative estimate of drug-likeness (QED) is 0.149. The third kappa shape index (κ3) is 21.1. The van der Waals surface area contributed by atoms with Crippen LogP contribution in [0.15, 0.2) is 0 Å². The van der Waals surface area contributed by atoms with Crippen molar-refractivity contribution >= 4 is 0 Å². The van der Waals surface area contributed by atoms with Crippen molar-refractivity contribution in [3.8, 4) is 0 Å². The molecule has 0 aromatic carbocycles. The summed E-state index contributed by atoms with van der Waals surface area (Å²) in [5.41, 5.74) is -0.821. The minimum absolute atomic E-state index is 0.401. The molecule has 30 heavy (non-hydrogen) atoms. The van der Waals surface area contributed by atoms with Crippen LogP contribution in [0.5, 0.6) is 0 Å². The van der Waals surface area contributed by atoms with Gasteiger partial charge in [-0.3, -0.25) is 0 Å². The topological polar surface area (TPSA) is 38.7 Å². The molecule has 0 heterocycles. The summed E-state index contributed by atoms with van der Waals surface area (Å²) in [6.07, 6.45) is 24.5. The maximum absolute atomic E-state index is 10.7. The molecule has 0 aliphatic carbocycles. The molecule has 0 unspecified atom stereocenters. The summed E-state index contributed by atoms with van der Waals surface area (Å²) in [7, 11) is 0. The normalized spacial score (nSPS) is 12.0. The average Bonchev–Trinajstić information content (AvgIpc) is 2.76. The highest BCUT2D eigenvalue weighted by Crippen LogP contribution is 2.14. The molecule has 0 rings (SSSR count). The highest BCUT2D eigenvalue weighted by Gasteiger charge is 2.25. The van der Waals surface area contributed by atoms with Crippen molar-refractivity contribution in [3.63, 3.8) is 0 Å². The van der Waals surface area contributed by atoms with Crippen LogP contribution in [0.25, 0.3) is 0 Å². The number of aliphatic hydroxyl groups is 1. The monoisotopic (exact) mass is 428 g/mol. The van der Waals surface area contributed by atoms with Gasteiger partial charge in [0.2, 0.25) is 0 Å². The largest absolute Gasteiger partial charge is 0.385 e. The van der Waals surface area contributed by atoms with Crippen LogP contribution in [0, 0.1) is 0 Å². The van der Waals surface area contributed by atoms with Gasteiger partial charge < -0.3 is 14.6 Å². The molecular weight excluding hydrogens is 372 g/mol. The predicted molar refractivity (Wildman–Crippen MR) is 131 cm³/mol. The van der Waals surface area contributed by atoms with Crippen molar-refractivity contribution in [1.82, 2.24) is 0 Å². The fourth-order valence-corrected chi connectivity index (χ4v) is 3.80. The Morgan fingerprint density at radius 2 is 0.767 bits per heavy atom. The van der Waals surface area contributed by atoms with Crippen LogP contribution in [0.2, 0.25) is 0 Å². The highest BCUT2D eigenvalue weighted by atomic mass is 16.5.